The number of nitrogens with zero attached hydrogens (tertiary/aromatic N) is 1. The van der Waals surface area contributed by atoms with Gasteiger partial charge in [-0.3, -0.25) is 4.98 Å². The maximum atomic E-state index is 4.30. The third kappa shape index (κ3) is 1.81. The van der Waals surface area contributed by atoms with Gasteiger partial charge in [0.05, 0.1) is 0 Å². The molecule has 0 aliphatic heterocycles. The minimum atomic E-state index is 0.571. The van der Waals surface area contributed by atoms with Gasteiger partial charge in [0, 0.05) is 16.8 Å². The van der Waals surface area contributed by atoms with Crippen LogP contribution in [0.25, 0.3) is 0 Å². The standard InChI is InChI=1S/C10H15NS/c1-7(2)10-8(3)11-6-5-9(10)12-4/h5-7H,1-4H3. The van der Waals surface area contributed by atoms with Crippen molar-refractivity contribution in [3.8, 4) is 0 Å². The summed E-state index contributed by atoms with van der Waals surface area (Å²) in [6, 6.07) is 2.09. The maximum Gasteiger partial charge on any atom is 0.0418 e. The van der Waals surface area contributed by atoms with Gasteiger partial charge in [-0.05, 0) is 30.7 Å². The smallest absolute Gasteiger partial charge is 0.0418 e. The summed E-state index contributed by atoms with van der Waals surface area (Å²) in [5.41, 5.74) is 2.56. The molecular weight excluding hydrogens is 166 g/mol. The van der Waals surface area contributed by atoms with E-state index in [2.05, 4.69) is 38.1 Å². The van der Waals surface area contributed by atoms with Crippen LogP contribution >= 0.6 is 11.8 Å². The first kappa shape index (κ1) is 9.59. The quantitative estimate of drug-likeness (QED) is 0.650. The van der Waals surface area contributed by atoms with E-state index < -0.39 is 0 Å². The fourth-order valence-corrected chi connectivity index (χ4v) is 2.23. The second-order valence-electron chi connectivity index (χ2n) is 3.17. The first-order chi connectivity index (χ1) is 5.66. The molecule has 0 aromatic carbocycles. The molecule has 0 spiro atoms. The Labute approximate surface area is 78.6 Å². The Bertz CT molecular complexity index is 269. The zero-order valence-electron chi connectivity index (χ0n) is 8.09. The van der Waals surface area contributed by atoms with Gasteiger partial charge in [-0.15, -0.1) is 11.8 Å². The lowest BCUT2D eigenvalue weighted by atomic mass is 10.0. The first-order valence-corrected chi connectivity index (χ1v) is 5.38. The number of hydrogen-bond acceptors (Lipinski definition) is 2. The van der Waals surface area contributed by atoms with E-state index in [9.17, 15) is 0 Å². The second-order valence-corrected chi connectivity index (χ2v) is 4.02. The van der Waals surface area contributed by atoms with E-state index in [0.29, 0.717) is 5.92 Å². The topological polar surface area (TPSA) is 12.9 Å². The van der Waals surface area contributed by atoms with E-state index in [0.717, 1.165) is 5.69 Å². The van der Waals surface area contributed by atoms with Crippen LogP contribution in [-0.4, -0.2) is 11.2 Å². The zero-order chi connectivity index (χ0) is 9.14. The molecule has 12 heavy (non-hydrogen) atoms. The highest BCUT2D eigenvalue weighted by atomic mass is 32.2. The summed E-state index contributed by atoms with van der Waals surface area (Å²) in [5.74, 6) is 0.571. The number of rotatable bonds is 2. The fourth-order valence-electron chi connectivity index (χ4n) is 1.43. The lowest BCUT2D eigenvalue weighted by molar-refractivity contribution is 0.816. The Hall–Kier alpha value is -0.500. The van der Waals surface area contributed by atoms with E-state index in [-0.39, 0.29) is 0 Å². The van der Waals surface area contributed by atoms with Gasteiger partial charge in [-0.25, -0.2) is 0 Å². The highest BCUT2D eigenvalue weighted by Crippen LogP contribution is 2.28. The summed E-state index contributed by atoms with van der Waals surface area (Å²) in [4.78, 5) is 5.65. The number of pyridine rings is 1. The number of thioether (sulfide) groups is 1. The molecule has 1 aromatic rings. The first-order valence-electron chi connectivity index (χ1n) is 4.16. The van der Waals surface area contributed by atoms with Gasteiger partial charge in [0.15, 0.2) is 0 Å². The molecule has 0 saturated heterocycles. The second kappa shape index (κ2) is 3.94. The Kier molecular flexibility index (Phi) is 3.15. The van der Waals surface area contributed by atoms with Crippen molar-refractivity contribution in [3.05, 3.63) is 23.5 Å². The Balaban J connectivity index is 3.20. The molecule has 0 fully saturated rings. The van der Waals surface area contributed by atoms with Crippen LogP contribution in [0.4, 0.5) is 0 Å². The molecule has 0 radical (unpaired) electrons. The molecule has 0 atom stereocenters. The van der Waals surface area contributed by atoms with Crippen LogP contribution in [0.5, 0.6) is 0 Å². The molecule has 0 bridgehead atoms. The number of aromatic nitrogens is 1. The van der Waals surface area contributed by atoms with E-state index in [1.807, 2.05) is 6.20 Å². The third-order valence-electron chi connectivity index (χ3n) is 1.95. The van der Waals surface area contributed by atoms with Gasteiger partial charge in [-0.2, -0.15) is 0 Å². The lowest BCUT2D eigenvalue weighted by Gasteiger charge is -2.12. The molecular formula is C10H15NS. The summed E-state index contributed by atoms with van der Waals surface area (Å²) >= 11 is 1.80. The molecule has 0 aliphatic rings. The number of hydrogen-bond donors (Lipinski definition) is 0. The van der Waals surface area contributed by atoms with Crippen LogP contribution in [0, 0.1) is 6.92 Å². The van der Waals surface area contributed by atoms with Crippen molar-refractivity contribution in [2.24, 2.45) is 0 Å². The van der Waals surface area contributed by atoms with Crippen molar-refractivity contribution in [2.75, 3.05) is 6.26 Å². The van der Waals surface area contributed by atoms with Gasteiger partial charge < -0.3 is 0 Å². The zero-order valence-corrected chi connectivity index (χ0v) is 8.90. The van der Waals surface area contributed by atoms with Crippen LogP contribution in [0.15, 0.2) is 17.2 Å². The molecule has 66 valence electrons. The molecule has 0 N–H and O–H groups in total. The van der Waals surface area contributed by atoms with Crippen LogP contribution in [-0.2, 0) is 0 Å². The molecule has 1 nitrogen and oxygen atoms in total. The normalized spacial score (nSPS) is 10.8. The Morgan fingerprint density at radius 2 is 2.08 bits per heavy atom. The Morgan fingerprint density at radius 3 is 2.50 bits per heavy atom. The van der Waals surface area contributed by atoms with E-state index in [1.165, 1.54) is 10.5 Å². The van der Waals surface area contributed by atoms with Crippen molar-refractivity contribution in [1.29, 1.82) is 0 Å². The van der Waals surface area contributed by atoms with Gasteiger partial charge >= 0.3 is 0 Å². The van der Waals surface area contributed by atoms with Crippen LogP contribution < -0.4 is 0 Å². The number of aryl methyl sites for hydroxylation is 1. The average Bonchev–Trinajstić information content (AvgIpc) is 2.03. The van der Waals surface area contributed by atoms with Gasteiger partial charge in [-0.1, -0.05) is 13.8 Å². The van der Waals surface area contributed by atoms with E-state index >= 15 is 0 Å². The summed E-state index contributed by atoms with van der Waals surface area (Å²) in [5, 5.41) is 0. The third-order valence-corrected chi connectivity index (χ3v) is 2.74. The van der Waals surface area contributed by atoms with Gasteiger partial charge in [0.2, 0.25) is 0 Å². The maximum absolute atomic E-state index is 4.30. The predicted molar refractivity (Wildman–Crippen MR) is 54.8 cm³/mol. The highest BCUT2D eigenvalue weighted by molar-refractivity contribution is 7.98. The largest absolute Gasteiger partial charge is 0.261 e. The minimum absolute atomic E-state index is 0.571. The van der Waals surface area contributed by atoms with Crippen LogP contribution in [0.3, 0.4) is 0 Å². The van der Waals surface area contributed by atoms with Crippen LogP contribution in [0.1, 0.15) is 31.0 Å². The average molecular weight is 181 g/mol. The molecule has 0 unspecified atom stereocenters. The van der Waals surface area contributed by atoms with Crippen LogP contribution in [0.2, 0.25) is 0 Å². The van der Waals surface area contributed by atoms with Crippen molar-refractivity contribution in [1.82, 2.24) is 4.98 Å². The van der Waals surface area contributed by atoms with Crippen molar-refractivity contribution in [2.45, 2.75) is 31.6 Å². The van der Waals surface area contributed by atoms with Crippen molar-refractivity contribution < 1.29 is 0 Å². The van der Waals surface area contributed by atoms with Crippen molar-refractivity contribution >= 4 is 11.8 Å². The summed E-state index contributed by atoms with van der Waals surface area (Å²) in [6.07, 6.45) is 3.99. The molecule has 0 saturated carbocycles. The van der Waals surface area contributed by atoms with E-state index in [4.69, 9.17) is 0 Å². The monoisotopic (exact) mass is 181 g/mol. The summed E-state index contributed by atoms with van der Waals surface area (Å²) < 4.78 is 0. The fraction of sp³-hybridized carbons (Fsp3) is 0.500. The molecule has 1 rings (SSSR count). The Morgan fingerprint density at radius 1 is 1.42 bits per heavy atom. The SMILES string of the molecule is CSc1ccnc(C)c1C(C)C. The molecule has 0 amide bonds. The molecule has 1 heterocycles. The van der Waals surface area contributed by atoms with Gasteiger partial charge in [0.25, 0.3) is 0 Å². The predicted octanol–water partition coefficient (Wildman–Crippen LogP) is 3.24. The summed E-state index contributed by atoms with van der Waals surface area (Å²) in [6.45, 7) is 6.50. The van der Waals surface area contributed by atoms with Crippen molar-refractivity contribution in [3.63, 3.8) is 0 Å². The minimum Gasteiger partial charge on any atom is -0.261 e. The molecule has 0 aliphatic carbocycles. The van der Waals surface area contributed by atoms with Gasteiger partial charge in [0.1, 0.15) is 0 Å². The lowest BCUT2D eigenvalue weighted by Crippen LogP contribution is -1.96. The highest BCUT2D eigenvalue weighted by Gasteiger charge is 2.08. The molecule has 2 heteroatoms. The van der Waals surface area contributed by atoms with E-state index in [1.54, 1.807) is 11.8 Å². The molecule has 1 aromatic heterocycles. The summed E-state index contributed by atoms with van der Waals surface area (Å²) in [7, 11) is 0.